The molecule has 2 heterocycles. The Morgan fingerprint density at radius 1 is 0.860 bits per heavy atom. The van der Waals surface area contributed by atoms with Crippen molar-refractivity contribution >= 4 is 35.8 Å². The largest absolute Gasteiger partial charge is 0.472 e. The summed E-state index contributed by atoms with van der Waals surface area (Å²) in [5, 5.41) is 12.7. The lowest BCUT2D eigenvalue weighted by molar-refractivity contribution is -0.363. The van der Waals surface area contributed by atoms with Gasteiger partial charge in [-0.1, -0.05) is 27.7 Å². The molecular weight excluding hydrogens is 660 g/mol. The van der Waals surface area contributed by atoms with E-state index >= 15 is 0 Å². The number of esters is 6. The molecule has 1 aromatic heterocycles. The predicted molar refractivity (Wildman–Crippen MR) is 169 cm³/mol. The summed E-state index contributed by atoms with van der Waals surface area (Å²) >= 11 is 0. The summed E-state index contributed by atoms with van der Waals surface area (Å²) in [4.78, 5) is 79.5. The molecule has 4 rings (SSSR count). The lowest BCUT2D eigenvalue weighted by Gasteiger charge is -2.66. The molecule has 2 saturated carbocycles. The Morgan fingerprint density at radius 3 is 1.98 bits per heavy atom. The third kappa shape index (κ3) is 6.49. The molecule has 2 aliphatic carbocycles. The molecule has 0 aromatic carbocycles. The van der Waals surface area contributed by atoms with Crippen LogP contribution >= 0.6 is 0 Å². The van der Waals surface area contributed by atoms with E-state index in [0.717, 1.165) is 27.0 Å². The molecule has 1 aromatic rings. The Kier molecular flexibility index (Phi) is 10.8. The number of rotatable bonds is 11. The second-order valence-corrected chi connectivity index (χ2v) is 14.5. The zero-order valence-electron chi connectivity index (χ0n) is 30.1. The molecule has 3 aliphatic rings. The highest BCUT2D eigenvalue weighted by Gasteiger charge is 2.89. The van der Waals surface area contributed by atoms with Crippen molar-refractivity contribution in [2.45, 2.75) is 129 Å². The Bertz CT molecular complexity index is 1480. The minimum absolute atomic E-state index is 0.0579. The van der Waals surface area contributed by atoms with Gasteiger partial charge < -0.3 is 42.7 Å². The number of carbonyl (C=O) groups is 6. The van der Waals surface area contributed by atoms with E-state index in [4.69, 9.17) is 37.6 Å². The van der Waals surface area contributed by atoms with Gasteiger partial charge in [0.15, 0.2) is 17.8 Å². The smallest absolute Gasteiger partial charge is 0.341 e. The number of furan rings is 1. The number of hydrogen-bond donors (Lipinski definition) is 1. The van der Waals surface area contributed by atoms with Gasteiger partial charge in [0, 0.05) is 27.2 Å². The first-order valence-electron chi connectivity index (χ1n) is 16.7. The van der Waals surface area contributed by atoms with Crippen LogP contribution in [-0.2, 0) is 57.1 Å². The van der Waals surface area contributed by atoms with Crippen molar-refractivity contribution in [3.05, 3.63) is 24.2 Å². The minimum Gasteiger partial charge on any atom is -0.472 e. The zero-order valence-corrected chi connectivity index (χ0v) is 30.1. The first kappa shape index (κ1) is 38.8. The first-order valence-corrected chi connectivity index (χ1v) is 16.7. The van der Waals surface area contributed by atoms with Crippen molar-refractivity contribution < 1.29 is 71.4 Å². The van der Waals surface area contributed by atoms with E-state index in [1.807, 2.05) is 0 Å². The molecule has 1 aliphatic heterocycles. The van der Waals surface area contributed by atoms with Crippen LogP contribution in [0.5, 0.6) is 0 Å². The van der Waals surface area contributed by atoms with Crippen LogP contribution in [0.15, 0.2) is 23.0 Å². The molecule has 1 saturated heterocycles. The summed E-state index contributed by atoms with van der Waals surface area (Å²) in [6, 6.07) is 1.32. The van der Waals surface area contributed by atoms with Crippen molar-refractivity contribution in [1.29, 1.82) is 0 Å². The summed E-state index contributed by atoms with van der Waals surface area (Å²) in [7, 11) is 0. The number of fused-ring (bicyclic) bond motifs is 1. The van der Waals surface area contributed by atoms with Crippen LogP contribution in [0.1, 0.15) is 92.4 Å². The lowest BCUT2D eigenvalue weighted by atomic mass is 9.45. The molecule has 1 N–H and O–H groups in total. The van der Waals surface area contributed by atoms with Crippen molar-refractivity contribution in [2.24, 2.45) is 23.2 Å². The van der Waals surface area contributed by atoms with Crippen LogP contribution in [0.3, 0.4) is 0 Å². The number of ether oxygens (including phenoxy) is 7. The maximum Gasteiger partial charge on any atom is 0.341 e. The molecule has 0 radical (unpaired) electrons. The number of hydrogen-bond acceptors (Lipinski definition) is 15. The predicted octanol–water partition coefficient (Wildman–Crippen LogP) is 3.08. The zero-order chi connectivity index (χ0) is 37.6. The lowest BCUT2D eigenvalue weighted by Crippen LogP contribution is -2.85. The second kappa shape index (κ2) is 14.0. The average molecular weight is 709 g/mol. The van der Waals surface area contributed by atoms with Gasteiger partial charge >= 0.3 is 35.8 Å². The summed E-state index contributed by atoms with van der Waals surface area (Å²) in [6.45, 7) is 13.6. The van der Waals surface area contributed by atoms with Crippen LogP contribution in [-0.4, -0.2) is 94.9 Å². The summed E-state index contributed by atoms with van der Waals surface area (Å²) in [5.74, 6) is -7.47. The van der Waals surface area contributed by atoms with Crippen LogP contribution < -0.4 is 0 Å². The molecule has 50 heavy (non-hydrogen) atoms. The van der Waals surface area contributed by atoms with E-state index < -0.39 is 119 Å². The van der Waals surface area contributed by atoms with Crippen molar-refractivity contribution in [1.82, 2.24) is 0 Å². The van der Waals surface area contributed by atoms with Gasteiger partial charge in [-0.25, -0.2) is 4.79 Å². The van der Waals surface area contributed by atoms with Crippen molar-refractivity contribution in [2.75, 3.05) is 6.61 Å². The number of aliphatic hydroxyl groups is 1. The normalized spacial score (nSPS) is 34.5. The molecule has 15 nitrogen and oxygen atoms in total. The quantitative estimate of drug-likeness (QED) is 0.259. The molecule has 3 fully saturated rings. The van der Waals surface area contributed by atoms with E-state index in [2.05, 4.69) is 0 Å². The molecule has 10 atom stereocenters. The maximum absolute atomic E-state index is 13.9. The summed E-state index contributed by atoms with van der Waals surface area (Å²) in [5.41, 5.74) is -8.21. The highest BCUT2D eigenvalue weighted by molar-refractivity contribution is 5.89. The first-order chi connectivity index (χ1) is 23.2. The van der Waals surface area contributed by atoms with E-state index in [9.17, 15) is 33.9 Å². The Balaban J connectivity index is 2.19. The SMILES string of the molecule is CCC(C)C(=O)OCC12C(OC(C)=O)C(OC(C)=O)CC(C)(O)C13OC(C)(C)C(C(OC(=O)C(C)C)C2OC(=O)c1ccoc1)C3OC(C)=O. The third-order valence-electron chi connectivity index (χ3n) is 10.1. The number of carbonyl (C=O) groups excluding carboxylic acids is 6. The van der Waals surface area contributed by atoms with Gasteiger partial charge in [0.2, 0.25) is 0 Å². The minimum atomic E-state index is -2.30. The van der Waals surface area contributed by atoms with E-state index in [-0.39, 0.29) is 5.56 Å². The highest BCUT2D eigenvalue weighted by atomic mass is 16.7. The molecule has 10 unspecified atom stereocenters. The van der Waals surface area contributed by atoms with Crippen LogP contribution in [0.4, 0.5) is 0 Å². The van der Waals surface area contributed by atoms with Gasteiger partial charge in [-0.15, -0.1) is 0 Å². The third-order valence-corrected chi connectivity index (χ3v) is 10.1. The van der Waals surface area contributed by atoms with Gasteiger partial charge in [-0.05, 0) is 33.3 Å². The second-order valence-electron chi connectivity index (χ2n) is 14.5. The highest BCUT2D eigenvalue weighted by Crippen LogP contribution is 2.69. The molecule has 1 spiro atoms. The van der Waals surface area contributed by atoms with Crippen LogP contribution in [0, 0.1) is 23.2 Å². The molecule has 278 valence electrons. The van der Waals surface area contributed by atoms with Gasteiger partial charge in [0.05, 0.1) is 40.8 Å². The van der Waals surface area contributed by atoms with Gasteiger partial charge in [0.25, 0.3) is 0 Å². The summed E-state index contributed by atoms with van der Waals surface area (Å²) < 4.78 is 48.1. The monoisotopic (exact) mass is 708 g/mol. The van der Waals surface area contributed by atoms with Crippen molar-refractivity contribution in [3.63, 3.8) is 0 Å². The Labute approximate surface area is 290 Å². The van der Waals surface area contributed by atoms with Crippen LogP contribution in [0.2, 0.25) is 0 Å². The molecule has 2 bridgehead atoms. The fraction of sp³-hybridized carbons (Fsp3) is 0.714. The van der Waals surface area contributed by atoms with Crippen LogP contribution in [0.25, 0.3) is 0 Å². The molecule has 15 heteroatoms. The summed E-state index contributed by atoms with van der Waals surface area (Å²) in [6.07, 6.45) is -5.74. The fourth-order valence-electron chi connectivity index (χ4n) is 7.98. The Morgan fingerprint density at radius 2 is 1.46 bits per heavy atom. The average Bonchev–Trinajstić information content (AvgIpc) is 3.60. The topological polar surface area (TPSA) is 200 Å². The van der Waals surface area contributed by atoms with E-state index in [1.165, 1.54) is 19.3 Å². The molecule has 0 amide bonds. The van der Waals surface area contributed by atoms with Crippen molar-refractivity contribution in [3.8, 4) is 0 Å². The fourth-order valence-corrected chi connectivity index (χ4v) is 7.98. The van der Waals surface area contributed by atoms with Gasteiger partial charge in [-0.2, -0.15) is 0 Å². The van der Waals surface area contributed by atoms with E-state index in [1.54, 1.807) is 41.5 Å². The standard InChI is InChI=1S/C35H48O15/c1-11-18(4)30(40)44-16-34-26(46-20(6)37)23(45-19(5)36)14-33(10,42)35(34)27(47-21(7)38)24(32(8,9)50-35)25(48-29(39)17(2)3)28(34)49-31(41)22-12-13-43-15-22/h12-13,15,17-18,23-28,42H,11,14,16H2,1-10H3. The Hall–Kier alpha value is -3.98. The molecular formula is C35H48O15. The van der Waals surface area contributed by atoms with E-state index in [0.29, 0.717) is 6.42 Å². The van der Waals surface area contributed by atoms with Gasteiger partial charge in [-0.3, -0.25) is 24.0 Å². The van der Waals surface area contributed by atoms with Gasteiger partial charge in [0.1, 0.15) is 36.6 Å². The maximum atomic E-state index is 13.9.